The van der Waals surface area contributed by atoms with E-state index in [0.29, 0.717) is 11.6 Å². The normalized spacial score (nSPS) is 12.3. The standard InChI is InChI=1S/C11H15ClN2O/c1-8(13)11(15)14(2)7-9-5-3-4-6-10(9)12/h3-6,8H,7,13H2,1-2H3/t8-/m1/s1. The van der Waals surface area contributed by atoms with E-state index in [1.807, 2.05) is 18.2 Å². The smallest absolute Gasteiger partial charge is 0.239 e. The molecule has 82 valence electrons. The highest BCUT2D eigenvalue weighted by atomic mass is 35.5. The van der Waals surface area contributed by atoms with Crippen molar-refractivity contribution in [3.63, 3.8) is 0 Å². The van der Waals surface area contributed by atoms with Crippen LogP contribution in [-0.4, -0.2) is 23.9 Å². The van der Waals surface area contributed by atoms with Gasteiger partial charge >= 0.3 is 0 Å². The first-order chi connectivity index (χ1) is 7.02. The fourth-order valence-corrected chi connectivity index (χ4v) is 1.50. The first-order valence-electron chi connectivity index (χ1n) is 4.76. The van der Waals surface area contributed by atoms with Crippen LogP contribution in [0.4, 0.5) is 0 Å². The Kier molecular flexibility index (Phi) is 4.12. The molecule has 0 aromatic heterocycles. The number of likely N-dealkylation sites (N-methyl/N-ethyl adjacent to an activating group) is 1. The van der Waals surface area contributed by atoms with Gasteiger partial charge in [0.25, 0.3) is 0 Å². The zero-order valence-corrected chi connectivity index (χ0v) is 9.66. The second kappa shape index (κ2) is 5.14. The van der Waals surface area contributed by atoms with Gasteiger partial charge in [0.1, 0.15) is 0 Å². The lowest BCUT2D eigenvalue weighted by Crippen LogP contribution is -2.39. The van der Waals surface area contributed by atoms with Gasteiger partial charge in [-0.2, -0.15) is 0 Å². The molecular weight excluding hydrogens is 212 g/mol. The number of amides is 1. The summed E-state index contributed by atoms with van der Waals surface area (Å²) < 4.78 is 0. The molecule has 2 N–H and O–H groups in total. The molecule has 0 aliphatic heterocycles. The summed E-state index contributed by atoms with van der Waals surface area (Å²) in [5.74, 6) is -0.0880. The number of hydrogen-bond donors (Lipinski definition) is 1. The zero-order valence-electron chi connectivity index (χ0n) is 8.90. The highest BCUT2D eigenvalue weighted by Crippen LogP contribution is 2.16. The molecule has 1 atom stereocenters. The molecule has 1 aromatic rings. The summed E-state index contributed by atoms with van der Waals surface area (Å²) in [5, 5.41) is 0.668. The summed E-state index contributed by atoms with van der Waals surface area (Å²) in [6.07, 6.45) is 0. The van der Waals surface area contributed by atoms with E-state index in [4.69, 9.17) is 17.3 Å². The molecule has 4 heteroatoms. The average molecular weight is 227 g/mol. The highest BCUT2D eigenvalue weighted by Gasteiger charge is 2.14. The van der Waals surface area contributed by atoms with Gasteiger partial charge in [-0.05, 0) is 18.6 Å². The number of benzene rings is 1. The maximum Gasteiger partial charge on any atom is 0.239 e. The van der Waals surface area contributed by atoms with Gasteiger partial charge in [0.15, 0.2) is 0 Å². The van der Waals surface area contributed by atoms with Crippen LogP contribution in [0.25, 0.3) is 0 Å². The zero-order chi connectivity index (χ0) is 11.4. The third-order valence-electron chi connectivity index (χ3n) is 2.13. The minimum atomic E-state index is -0.475. The van der Waals surface area contributed by atoms with E-state index < -0.39 is 6.04 Å². The Balaban J connectivity index is 2.71. The third kappa shape index (κ3) is 3.22. The van der Waals surface area contributed by atoms with Crippen molar-refractivity contribution >= 4 is 17.5 Å². The first-order valence-corrected chi connectivity index (χ1v) is 5.14. The summed E-state index contributed by atoms with van der Waals surface area (Å²) in [5.41, 5.74) is 6.43. The van der Waals surface area contributed by atoms with Crippen molar-refractivity contribution in [2.45, 2.75) is 19.5 Å². The Morgan fingerprint density at radius 3 is 2.67 bits per heavy atom. The molecular formula is C11H15ClN2O. The van der Waals surface area contributed by atoms with Crippen LogP contribution in [0.5, 0.6) is 0 Å². The predicted octanol–water partition coefficient (Wildman–Crippen LogP) is 1.65. The van der Waals surface area contributed by atoms with Crippen LogP contribution in [0.1, 0.15) is 12.5 Å². The summed E-state index contributed by atoms with van der Waals surface area (Å²) in [7, 11) is 1.72. The second-order valence-electron chi connectivity index (χ2n) is 3.57. The molecule has 0 saturated carbocycles. The lowest BCUT2D eigenvalue weighted by atomic mass is 10.2. The molecule has 0 saturated heterocycles. The van der Waals surface area contributed by atoms with E-state index in [1.165, 1.54) is 0 Å². The van der Waals surface area contributed by atoms with E-state index in [9.17, 15) is 4.79 Å². The molecule has 1 rings (SSSR count). The molecule has 0 aliphatic carbocycles. The van der Waals surface area contributed by atoms with Crippen LogP contribution in [0.15, 0.2) is 24.3 Å². The number of carbonyl (C=O) groups is 1. The monoisotopic (exact) mass is 226 g/mol. The van der Waals surface area contributed by atoms with Crippen LogP contribution in [0, 0.1) is 0 Å². The number of halogens is 1. The number of carbonyl (C=O) groups excluding carboxylic acids is 1. The first kappa shape index (κ1) is 12.0. The average Bonchev–Trinajstić information content (AvgIpc) is 2.20. The van der Waals surface area contributed by atoms with Gasteiger partial charge in [0.2, 0.25) is 5.91 Å². The van der Waals surface area contributed by atoms with Crippen LogP contribution in [-0.2, 0) is 11.3 Å². The van der Waals surface area contributed by atoms with Crippen LogP contribution in [0.3, 0.4) is 0 Å². The van der Waals surface area contributed by atoms with E-state index in [1.54, 1.807) is 24.9 Å². The fourth-order valence-electron chi connectivity index (χ4n) is 1.31. The molecule has 0 bridgehead atoms. The van der Waals surface area contributed by atoms with Crippen LogP contribution in [0.2, 0.25) is 5.02 Å². The van der Waals surface area contributed by atoms with Crippen molar-refractivity contribution in [2.75, 3.05) is 7.05 Å². The molecule has 3 nitrogen and oxygen atoms in total. The van der Waals surface area contributed by atoms with E-state index in [0.717, 1.165) is 5.56 Å². The Morgan fingerprint density at radius 2 is 2.13 bits per heavy atom. The van der Waals surface area contributed by atoms with Crippen molar-refractivity contribution in [1.29, 1.82) is 0 Å². The van der Waals surface area contributed by atoms with Crippen molar-refractivity contribution in [1.82, 2.24) is 4.90 Å². The molecule has 0 radical (unpaired) electrons. The maximum absolute atomic E-state index is 11.5. The molecule has 0 aliphatic rings. The second-order valence-corrected chi connectivity index (χ2v) is 3.98. The minimum Gasteiger partial charge on any atom is -0.340 e. The van der Waals surface area contributed by atoms with Gasteiger partial charge in [-0.15, -0.1) is 0 Å². The van der Waals surface area contributed by atoms with E-state index in [2.05, 4.69) is 0 Å². The minimum absolute atomic E-state index is 0.0880. The molecule has 0 spiro atoms. The maximum atomic E-state index is 11.5. The van der Waals surface area contributed by atoms with Gasteiger partial charge in [-0.1, -0.05) is 29.8 Å². The Labute approximate surface area is 94.8 Å². The largest absolute Gasteiger partial charge is 0.340 e. The van der Waals surface area contributed by atoms with Crippen molar-refractivity contribution in [2.24, 2.45) is 5.73 Å². The van der Waals surface area contributed by atoms with Gasteiger partial charge in [-0.3, -0.25) is 4.79 Å². The number of hydrogen-bond acceptors (Lipinski definition) is 2. The van der Waals surface area contributed by atoms with Crippen molar-refractivity contribution in [3.05, 3.63) is 34.9 Å². The van der Waals surface area contributed by atoms with Crippen LogP contribution >= 0.6 is 11.6 Å². The molecule has 0 unspecified atom stereocenters. The quantitative estimate of drug-likeness (QED) is 0.852. The summed E-state index contributed by atoms with van der Waals surface area (Å²) in [6.45, 7) is 2.16. The van der Waals surface area contributed by atoms with Crippen LogP contribution < -0.4 is 5.73 Å². The Morgan fingerprint density at radius 1 is 1.53 bits per heavy atom. The van der Waals surface area contributed by atoms with Crippen molar-refractivity contribution < 1.29 is 4.79 Å². The predicted molar refractivity (Wildman–Crippen MR) is 61.6 cm³/mol. The number of nitrogens with two attached hydrogens (primary N) is 1. The Bertz CT molecular complexity index is 352. The topological polar surface area (TPSA) is 46.3 Å². The lowest BCUT2D eigenvalue weighted by molar-refractivity contribution is -0.131. The van der Waals surface area contributed by atoms with Gasteiger partial charge < -0.3 is 10.6 Å². The Hall–Kier alpha value is -1.06. The van der Waals surface area contributed by atoms with Gasteiger partial charge in [-0.25, -0.2) is 0 Å². The molecule has 0 fully saturated rings. The SMILES string of the molecule is C[C@@H](N)C(=O)N(C)Cc1ccccc1Cl. The van der Waals surface area contributed by atoms with Gasteiger partial charge in [0, 0.05) is 18.6 Å². The molecule has 0 heterocycles. The fraction of sp³-hybridized carbons (Fsp3) is 0.364. The van der Waals surface area contributed by atoms with Gasteiger partial charge in [0.05, 0.1) is 6.04 Å². The van der Waals surface area contributed by atoms with E-state index >= 15 is 0 Å². The molecule has 1 amide bonds. The summed E-state index contributed by atoms with van der Waals surface area (Å²) in [4.78, 5) is 13.1. The lowest BCUT2D eigenvalue weighted by Gasteiger charge is -2.19. The van der Waals surface area contributed by atoms with E-state index in [-0.39, 0.29) is 5.91 Å². The highest BCUT2D eigenvalue weighted by molar-refractivity contribution is 6.31. The van der Waals surface area contributed by atoms with Crippen molar-refractivity contribution in [3.8, 4) is 0 Å². The number of rotatable bonds is 3. The molecule has 15 heavy (non-hydrogen) atoms. The summed E-state index contributed by atoms with van der Waals surface area (Å²) >= 11 is 5.98. The summed E-state index contributed by atoms with van der Waals surface area (Å²) in [6, 6.07) is 6.98. The molecule has 1 aromatic carbocycles. The third-order valence-corrected chi connectivity index (χ3v) is 2.50. The number of nitrogens with zero attached hydrogens (tertiary/aromatic N) is 1.